The highest BCUT2D eigenvalue weighted by atomic mass is 35.5. The number of primary sulfonamides is 1. The van der Waals surface area contributed by atoms with E-state index in [2.05, 4.69) is 10.2 Å². The molecule has 2 N–H and O–H groups in total. The first-order valence-corrected chi connectivity index (χ1v) is 7.99. The van der Waals surface area contributed by atoms with Crippen LogP contribution in [0.2, 0.25) is 5.02 Å². The maximum atomic E-state index is 11.6. The van der Waals surface area contributed by atoms with E-state index < -0.39 is 10.0 Å². The normalized spacial score (nSPS) is 11.8. The molecule has 0 amide bonds. The molecule has 0 bridgehead atoms. The molecule has 0 aliphatic heterocycles. The standard InChI is InChI=1S/C12H15ClN4O3S/c1-8-9(4-3-5-10(8)13)11-15-16-12(21(14,18)19)17(11)6-7-20-2/h3-5H,6-7H2,1-2H3,(H2,14,18,19). The SMILES string of the molecule is COCCn1c(-c2cccc(Cl)c2C)nnc1S(N)(=O)=O. The first-order chi connectivity index (χ1) is 9.86. The lowest BCUT2D eigenvalue weighted by atomic mass is 10.1. The fourth-order valence-corrected chi connectivity index (χ4v) is 2.75. The summed E-state index contributed by atoms with van der Waals surface area (Å²) < 4.78 is 29.6. The molecule has 21 heavy (non-hydrogen) atoms. The van der Waals surface area contributed by atoms with Gasteiger partial charge in [-0.2, -0.15) is 0 Å². The second kappa shape index (κ2) is 6.10. The van der Waals surface area contributed by atoms with Crippen LogP contribution in [0, 0.1) is 6.92 Å². The molecule has 2 rings (SSSR count). The van der Waals surface area contributed by atoms with E-state index in [1.54, 1.807) is 18.2 Å². The Kier molecular flexibility index (Phi) is 4.62. The molecule has 0 radical (unpaired) electrons. The molecule has 9 heteroatoms. The molecule has 1 aromatic heterocycles. The van der Waals surface area contributed by atoms with Crippen LogP contribution >= 0.6 is 11.6 Å². The van der Waals surface area contributed by atoms with Crippen molar-refractivity contribution in [3.05, 3.63) is 28.8 Å². The minimum absolute atomic E-state index is 0.260. The van der Waals surface area contributed by atoms with Gasteiger partial charge >= 0.3 is 0 Å². The third-order valence-electron chi connectivity index (χ3n) is 3.00. The highest BCUT2D eigenvalue weighted by Gasteiger charge is 2.22. The van der Waals surface area contributed by atoms with Crippen molar-refractivity contribution < 1.29 is 13.2 Å². The summed E-state index contributed by atoms with van der Waals surface area (Å²) in [5.74, 6) is 0.385. The summed E-state index contributed by atoms with van der Waals surface area (Å²) in [6.45, 7) is 2.38. The number of ether oxygens (including phenoxy) is 1. The second-order valence-electron chi connectivity index (χ2n) is 4.41. The van der Waals surface area contributed by atoms with Crippen LogP contribution in [0.25, 0.3) is 11.4 Å². The molecule has 0 atom stereocenters. The summed E-state index contributed by atoms with van der Waals surface area (Å²) in [4.78, 5) is 0. The van der Waals surface area contributed by atoms with Crippen LogP contribution in [0.3, 0.4) is 0 Å². The molecule has 0 saturated carbocycles. The van der Waals surface area contributed by atoms with Gasteiger partial charge in [-0.3, -0.25) is 4.57 Å². The minimum atomic E-state index is -3.97. The van der Waals surface area contributed by atoms with Crippen molar-refractivity contribution in [3.63, 3.8) is 0 Å². The van der Waals surface area contributed by atoms with Gasteiger partial charge in [-0.15, -0.1) is 10.2 Å². The summed E-state index contributed by atoms with van der Waals surface area (Å²) in [6.07, 6.45) is 0. The average Bonchev–Trinajstić information content (AvgIpc) is 2.83. The molecular weight excluding hydrogens is 316 g/mol. The number of sulfonamides is 1. The zero-order valence-electron chi connectivity index (χ0n) is 11.6. The Morgan fingerprint density at radius 2 is 2.10 bits per heavy atom. The maximum absolute atomic E-state index is 11.6. The number of halogens is 1. The number of rotatable bonds is 5. The highest BCUT2D eigenvalue weighted by Crippen LogP contribution is 2.28. The molecular formula is C12H15ClN4O3S. The van der Waals surface area contributed by atoms with Gasteiger partial charge in [-0.05, 0) is 18.6 Å². The Bertz CT molecular complexity index is 758. The third-order valence-corrected chi connectivity index (χ3v) is 4.22. The van der Waals surface area contributed by atoms with Crippen molar-refractivity contribution in [2.45, 2.75) is 18.6 Å². The van der Waals surface area contributed by atoms with Crippen molar-refractivity contribution in [2.75, 3.05) is 13.7 Å². The Balaban J connectivity index is 2.64. The topological polar surface area (TPSA) is 100 Å². The predicted octanol–water partition coefficient (Wildman–Crippen LogP) is 1.20. The molecule has 0 aliphatic carbocycles. The largest absolute Gasteiger partial charge is 0.383 e. The zero-order valence-corrected chi connectivity index (χ0v) is 13.1. The fourth-order valence-electron chi connectivity index (χ4n) is 1.93. The van der Waals surface area contributed by atoms with Crippen LogP contribution < -0.4 is 5.14 Å². The summed E-state index contributed by atoms with van der Waals surface area (Å²) in [7, 11) is -2.45. The van der Waals surface area contributed by atoms with Gasteiger partial charge in [0, 0.05) is 17.7 Å². The Hall–Kier alpha value is -1.48. The van der Waals surface area contributed by atoms with Gasteiger partial charge in [0.25, 0.3) is 15.2 Å². The zero-order chi connectivity index (χ0) is 15.6. The van der Waals surface area contributed by atoms with Gasteiger partial charge in [0.1, 0.15) is 0 Å². The molecule has 2 aromatic rings. The average molecular weight is 331 g/mol. The minimum Gasteiger partial charge on any atom is -0.383 e. The second-order valence-corrected chi connectivity index (χ2v) is 6.27. The van der Waals surface area contributed by atoms with Gasteiger partial charge in [-0.1, -0.05) is 23.7 Å². The monoisotopic (exact) mass is 330 g/mol. The van der Waals surface area contributed by atoms with E-state index >= 15 is 0 Å². The van der Waals surface area contributed by atoms with E-state index in [1.807, 2.05) is 6.92 Å². The van der Waals surface area contributed by atoms with Gasteiger partial charge in [-0.25, -0.2) is 13.6 Å². The first kappa shape index (κ1) is 15.9. The number of nitrogens with zero attached hydrogens (tertiary/aromatic N) is 3. The van der Waals surface area contributed by atoms with Crippen molar-refractivity contribution in [1.29, 1.82) is 0 Å². The van der Waals surface area contributed by atoms with Crippen LogP contribution in [0.4, 0.5) is 0 Å². The van der Waals surface area contributed by atoms with Crippen molar-refractivity contribution in [3.8, 4) is 11.4 Å². The van der Waals surface area contributed by atoms with E-state index in [4.69, 9.17) is 21.5 Å². The number of methoxy groups -OCH3 is 1. The molecule has 0 fully saturated rings. The molecule has 0 unspecified atom stereocenters. The summed E-state index contributed by atoms with van der Waals surface area (Å²) in [5.41, 5.74) is 1.48. The fraction of sp³-hybridized carbons (Fsp3) is 0.333. The molecule has 1 aromatic carbocycles. The first-order valence-electron chi connectivity index (χ1n) is 6.06. The van der Waals surface area contributed by atoms with Crippen LogP contribution in [0.1, 0.15) is 5.56 Å². The Morgan fingerprint density at radius 3 is 2.71 bits per heavy atom. The summed E-state index contributed by atoms with van der Waals surface area (Å²) in [6, 6.07) is 5.30. The Labute approximate surface area is 127 Å². The van der Waals surface area contributed by atoms with Crippen LogP contribution in [0.15, 0.2) is 23.4 Å². The molecule has 0 aliphatic rings. The lowest BCUT2D eigenvalue weighted by Crippen LogP contribution is -2.20. The molecule has 0 saturated heterocycles. The number of hydrogen-bond donors (Lipinski definition) is 1. The van der Waals surface area contributed by atoms with Crippen molar-refractivity contribution in [2.24, 2.45) is 5.14 Å². The molecule has 1 heterocycles. The van der Waals surface area contributed by atoms with E-state index in [0.29, 0.717) is 23.0 Å². The van der Waals surface area contributed by atoms with Crippen molar-refractivity contribution >= 4 is 21.6 Å². The number of aromatic nitrogens is 3. The Morgan fingerprint density at radius 1 is 1.38 bits per heavy atom. The quantitative estimate of drug-likeness (QED) is 0.887. The number of nitrogens with two attached hydrogens (primary N) is 1. The van der Waals surface area contributed by atoms with Gasteiger partial charge in [0.15, 0.2) is 5.82 Å². The van der Waals surface area contributed by atoms with Gasteiger partial charge in [0.2, 0.25) is 0 Å². The van der Waals surface area contributed by atoms with Crippen LogP contribution in [0.5, 0.6) is 0 Å². The third kappa shape index (κ3) is 3.24. The summed E-state index contributed by atoms with van der Waals surface area (Å²) >= 11 is 6.09. The van der Waals surface area contributed by atoms with E-state index in [9.17, 15) is 8.42 Å². The van der Waals surface area contributed by atoms with Gasteiger partial charge in [0.05, 0.1) is 13.2 Å². The number of benzene rings is 1. The molecule has 0 spiro atoms. The predicted molar refractivity (Wildman–Crippen MR) is 78.5 cm³/mol. The van der Waals surface area contributed by atoms with E-state index in [-0.39, 0.29) is 11.7 Å². The maximum Gasteiger partial charge on any atom is 0.273 e. The lowest BCUT2D eigenvalue weighted by Gasteiger charge is -2.11. The van der Waals surface area contributed by atoms with Crippen molar-refractivity contribution in [1.82, 2.24) is 14.8 Å². The van der Waals surface area contributed by atoms with E-state index in [1.165, 1.54) is 11.7 Å². The highest BCUT2D eigenvalue weighted by molar-refractivity contribution is 7.89. The smallest absolute Gasteiger partial charge is 0.273 e. The summed E-state index contributed by atoms with van der Waals surface area (Å²) in [5, 5.41) is 13.1. The molecule has 114 valence electrons. The van der Waals surface area contributed by atoms with Crippen LogP contribution in [-0.4, -0.2) is 36.9 Å². The van der Waals surface area contributed by atoms with E-state index in [0.717, 1.165) is 5.56 Å². The van der Waals surface area contributed by atoms with Gasteiger partial charge < -0.3 is 4.74 Å². The molecule has 7 nitrogen and oxygen atoms in total. The lowest BCUT2D eigenvalue weighted by molar-refractivity contribution is 0.185. The number of hydrogen-bond acceptors (Lipinski definition) is 5. The van der Waals surface area contributed by atoms with Crippen LogP contribution in [-0.2, 0) is 21.3 Å².